The Balaban J connectivity index is 2.16. The minimum Gasteiger partial charge on any atom is -0.366 e. The Morgan fingerprint density at radius 1 is 1.33 bits per heavy atom. The minimum absolute atomic E-state index is 0.294. The van der Waals surface area contributed by atoms with Crippen LogP contribution in [0.4, 0.5) is 14.5 Å². The third-order valence-corrected chi connectivity index (χ3v) is 3.52. The average Bonchev–Trinajstić information content (AvgIpc) is 2.35. The maximum Gasteiger partial charge on any atom is 0.160 e. The maximum atomic E-state index is 13.3. The highest BCUT2D eigenvalue weighted by atomic mass is 19.2. The van der Waals surface area contributed by atoms with E-state index in [1.165, 1.54) is 12.1 Å². The summed E-state index contributed by atoms with van der Waals surface area (Å²) < 4.78 is 26.2. The molecule has 0 saturated carbocycles. The van der Waals surface area contributed by atoms with E-state index >= 15 is 0 Å². The van der Waals surface area contributed by atoms with Gasteiger partial charge in [-0.1, -0.05) is 13.3 Å². The summed E-state index contributed by atoms with van der Waals surface area (Å²) in [6.45, 7) is 5.97. The summed E-state index contributed by atoms with van der Waals surface area (Å²) in [7, 11) is 0. The fourth-order valence-electron chi connectivity index (χ4n) is 2.49. The van der Waals surface area contributed by atoms with Gasteiger partial charge in [0.05, 0.1) is 0 Å². The first-order valence-electron chi connectivity index (χ1n) is 6.57. The summed E-state index contributed by atoms with van der Waals surface area (Å²) in [4.78, 5) is 2.15. The molecule has 0 aromatic heterocycles. The number of nitrogens with zero attached hydrogens (tertiary/aromatic N) is 1. The Morgan fingerprint density at radius 2 is 2.11 bits per heavy atom. The number of rotatable bonds is 3. The van der Waals surface area contributed by atoms with Gasteiger partial charge in [0, 0.05) is 36.9 Å². The molecule has 100 valence electrons. The number of anilines is 1. The molecule has 1 aromatic rings. The van der Waals surface area contributed by atoms with Gasteiger partial charge in [-0.05, 0) is 25.5 Å². The zero-order valence-electron chi connectivity index (χ0n) is 10.9. The summed E-state index contributed by atoms with van der Waals surface area (Å²) in [5.74, 6) is -1.56. The van der Waals surface area contributed by atoms with Crippen molar-refractivity contribution in [2.75, 3.05) is 18.0 Å². The molecule has 0 spiro atoms. The molecule has 1 aliphatic heterocycles. The largest absolute Gasteiger partial charge is 0.366 e. The lowest BCUT2D eigenvalue weighted by molar-refractivity contribution is 0.385. The van der Waals surface area contributed by atoms with E-state index in [0.29, 0.717) is 12.1 Å². The van der Waals surface area contributed by atoms with E-state index in [4.69, 9.17) is 0 Å². The Bertz CT molecular complexity index is 409. The van der Waals surface area contributed by atoms with Gasteiger partial charge in [0.2, 0.25) is 0 Å². The second-order valence-electron chi connectivity index (χ2n) is 4.99. The van der Waals surface area contributed by atoms with Gasteiger partial charge in [0.1, 0.15) is 0 Å². The molecule has 0 radical (unpaired) electrons. The number of piperazine rings is 1. The predicted octanol–water partition coefficient (Wildman–Crippen LogP) is 2.93. The van der Waals surface area contributed by atoms with Crippen molar-refractivity contribution in [3.8, 4) is 0 Å². The molecule has 2 atom stereocenters. The van der Waals surface area contributed by atoms with Crippen LogP contribution in [0.5, 0.6) is 0 Å². The molecule has 1 fully saturated rings. The highest BCUT2D eigenvalue weighted by Crippen LogP contribution is 2.22. The molecule has 18 heavy (non-hydrogen) atoms. The smallest absolute Gasteiger partial charge is 0.160 e. The highest BCUT2D eigenvalue weighted by molar-refractivity contribution is 5.48. The van der Waals surface area contributed by atoms with Crippen molar-refractivity contribution in [3.05, 3.63) is 29.8 Å². The molecule has 4 heteroatoms. The van der Waals surface area contributed by atoms with Crippen molar-refractivity contribution in [1.82, 2.24) is 5.32 Å². The topological polar surface area (TPSA) is 15.3 Å². The summed E-state index contributed by atoms with van der Waals surface area (Å²) in [6.07, 6.45) is 2.23. The van der Waals surface area contributed by atoms with Crippen molar-refractivity contribution in [2.24, 2.45) is 0 Å². The summed E-state index contributed by atoms with van der Waals surface area (Å²) in [5, 5.41) is 3.49. The summed E-state index contributed by atoms with van der Waals surface area (Å²) in [5.41, 5.74) is 0.768. The molecule has 2 unspecified atom stereocenters. The van der Waals surface area contributed by atoms with Crippen LogP contribution in [0, 0.1) is 11.6 Å². The van der Waals surface area contributed by atoms with Crippen LogP contribution in [0.15, 0.2) is 18.2 Å². The lowest BCUT2D eigenvalue weighted by Crippen LogP contribution is -2.55. The Hall–Kier alpha value is -1.16. The third-order valence-electron chi connectivity index (χ3n) is 3.52. The normalized spacial score (nSPS) is 24.3. The average molecular weight is 254 g/mol. The van der Waals surface area contributed by atoms with Gasteiger partial charge in [-0.25, -0.2) is 8.78 Å². The second-order valence-corrected chi connectivity index (χ2v) is 4.99. The summed E-state index contributed by atoms with van der Waals surface area (Å²) >= 11 is 0. The molecule has 2 nitrogen and oxygen atoms in total. The fourth-order valence-corrected chi connectivity index (χ4v) is 2.49. The number of nitrogens with one attached hydrogen (secondary N) is 1. The molecule has 1 N–H and O–H groups in total. The van der Waals surface area contributed by atoms with Crippen molar-refractivity contribution in [3.63, 3.8) is 0 Å². The molecule has 0 amide bonds. The van der Waals surface area contributed by atoms with Crippen LogP contribution < -0.4 is 10.2 Å². The van der Waals surface area contributed by atoms with E-state index in [1.54, 1.807) is 6.07 Å². The maximum absolute atomic E-state index is 13.3. The zero-order valence-corrected chi connectivity index (χ0v) is 10.9. The first-order valence-corrected chi connectivity index (χ1v) is 6.57. The quantitative estimate of drug-likeness (QED) is 0.892. The minimum atomic E-state index is -0.786. The summed E-state index contributed by atoms with van der Waals surface area (Å²) in [6, 6.07) is 4.87. The van der Waals surface area contributed by atoms with Crippen molar-refractivity contribution in [1.29, 1.82) is 0 Å². The lowest BCUT2D eigenvalue weighted by atomic mass is 10.0. The number of benzene rings is 1. The van der Waals surface area contributed by atoms with Crippen LogP contribution in [-0.2, 0) is 0 Å². The van der Waals surface area contributed by atoms with Crippen LogP contribution >= 0.6 is 0 Å². The monoisotopic (exact) mass is 254 g/mol. The first kappa shape index (κ1) is 13.3. The van der Waals surface area contributed by atoms with E-state index in [0.717, 1.165) is 31.6 Å². The van der Waals surface area contributed by atoms with Crippen LogP contribution in [0.3, 0.4) is 0 Å². The second kappa shape index (κ2) is 5.65. The van der Waals surface area contributed by atoms with Gasteiger partial charge in [-0.3, -0.25) is 0 Å². The first-order chi connectivity index (χ1) is 8.61. The lowest BCUT2D eigenvalue weighted by Gasteiger charge is -2.40. The van der Waals surface area contributed by atoms with Gasteiger partial charge in [0.25, 0.3) is 0 Å². The van der Waals surface area contributed by atoms with Crippen molar-refractivity contribution < 1.29 is 8.78 Å². The van der Waals surface area contributed by atoms with E-state index in [9.17, 15) is 8.78 Å². The standard InChI is InChI=1S/C14H20F2N2/c1-3-4-11-9-18(10(2)8-17-11)12-5-6-13(15)14(16)7-12/h5-7,10-11,17H,3-4,8-9H2,1-2H3. The van der Waals surface area contributed by atoms with Crippen LogP contribution in [0.1, 0.15) is 26.7 Å². The van der Waals surface area contributed by atoms with Crippen LogP contribution in [0.2, 0.25) is 0 Å². The molecule has 1 heterocycles. The fraction of sp³-hybridized carbons (Fsp3) is 0.571. The Labute approximate surface area is 107 Å². The SMILES string of the molecule is CCCC1CN(c2ccc(F)c(F)c2)C(C)CN1. The molecular weight excluding hydrogens is 234 g/mol. The van der Waals surface area contributed by atoms with E-state index in [-0.39, 0.29) is 0 Å². The van der Waals surface area contributed by atoms with Crippen LogP contribution in [0.25, 0.3) is 0 Å². The number of hydrogen-bond acceptors (Lipinski definition) is 2. The molecule has 0 aliphatic carbocycles. The molecule has 2 rings (SSSR count). The molecule has 1 aliphatic rings. The number of halogens is 2. The van der Waals surface area contributed by atoms with Gasteiger partial charge in [-0.2, -0.15) is 0 Å². The van der Waals surface area contributed by atoms with E-state index in [1.807, 2.05) is 0 Å². The zero-order chi connectivity index (χ0) is 13.1. The molecule has 0 bridgehead atoms. The number of hydrogen-bond donors (Lipinski definition) is 1. The van der Waals surface area contributed by atoms with Crippen molar-refractivity contribution in [2.45, 2.75) is 38.8 Å². The van der Waals surface area contributed by atoms with Gasteiger partial charge in [-0.15, -0.1) is 0 Å². The van der Waals surface area contributed by atoms with Gasteiger partial charge >= 0.3 is 0 Å². The molecule has 1 aromatic carbocycles. The highest BCUT2D eigenvalue weighted by Gasteiger charge is 2.25. The Kier molecular flexibility index (Phi) is 4.17. The van der Waals surface area contributed by atoms with E-state index < -0.39 is 11.6 Å². The molecular formula is C14H20F2N2. The van der Waals surface area contributed by atoms with Crippen LogP contribution in [-0.4, -0.2) is 25.2 Å². The predicted molar refractivity (Wildman–Crippen MR) is 69.9 cm³/mol. The molecule has 1 saturated heterocycles. The van der Waals surface area contributed by atoms with E-state index in [2.05, 4.69) is 24.1 Å². The van der Waals surface area contributed by atoms with Crippen molar-refractivity contribution >= 4 is 5.69 Å². The Morgan fingerprint density at radius 3 is 2.78 bits per heavy atom. The third kappa shape index (κ3) is 2.80. The van der Waals surface area contributed by atoms with Gasteiger partial charge in [0.15, 0.2) is 11.6 Å². The van der Waals surface area contributed by atoms with Gasteiger partial charge < -0.3 is 10.2 Å².